The van der Waals surface area contributed by atoms with Crippen LogP contribution in [0.1, 0.15) is 75.2 Å². The Morgan fingerprint density at radius 1 is 0.628 bits per heavy atom. The van der Waals surface area contributed by atoms with Crippen molar-refractivity contribution in [1.82, 2.24) is 0 Å². The second kappa shape index (κ2) is 19.4. The second-order valence-electron chi connectivity index (χ2n) is 17.1. The largest absolute Gasteiger partial charge is 0.466 e. The van der Waals surface area contributed by atoms with Crippen molar-refractivity contribution in [1.29, 1.82) is 0 Å². The van der Waals surface area contributed by atoms with Crippen molar-refractivity contribution >= 4 is 44.7 Å². The summed E-state index contributed by atoms with van der Waals surface area (Å²) in [5.41, 5.74) is 0. The molecule has 260 valence electrons. The number of esters is 2. The monoisotopic (exact) mass is 682 g/mol. The molecule has 7 nitrogen and oxygen atoms in total. The molecule has 0 saturated heterocycles. The molecule has 0 fully saturated rings. The molecular weight excluding hydrogens is 609 g/mol. The van der Waals surface area contributed by atoms with Crippen LogP contribution in [0.4, 0.5) is 0 Å². The molecule has 0 spiro atoms. The lowest BCUT2D eigenvalue weighted by Gasteiger charge is -2.39. The molecule has 0 unspecified atom stereocenters. The van der Waals surface area contributed by atoms with E-state index in [-0.39, 0.29) is 48.6 Å². The van der Waals surface area contributed by atoms with Gasteiger partial charge in [-0.1, -0.05) is 95.2 Å². The first-order valence-electron chi connectivity index (χ1n) is 15.8. The van der Waals surface area contributed by atoms with Gasteiger partial charge in [-0.05, 0) is 54.8 Å². The van der Waals surface area contributed by atoms with Crippen LogP contribution in [0, 0.1) is 0 Å². The van der Waals surface area contributed by atoms with Crippen molar-refractivity contribution in [3.05, 3.63) is 0 Å². The van der Waals surface area contributed by atoms with E-state index < -0.39 is 38.9 Å². The molecular formula is C32H74O7Si4. The van der Waals surface area contributed by atoms with E-state index in [9.17, 15) is 14.7 Å². The van der Waals surface area contributed by atoms with Crippen LogP contribution in [0.5, 0.6) is 0 Å². The molecule has 0 aliphatic heterocycles. The van der Waals surface area contributed by atoms with Gasteiger partial charge in [-0.2, -0.15) is 0 Å². The van der Waals surface area contributed by atoms with E-state index in [1.165, 1.54) is 0 Å². The molecule has 0 radical (unpaired) electrons. The van der Waals surface area contributed by atoms with Crippen molar-refractivity contribution in [2.45, 2.75) is 175 Å². The summed E-state index contributed by atoms with van der Waals surface area (Å²) in [5, 5.41) is 9.68. The fourth-order valence-electron chi connectivity index (χ4n) is 3.03. The minimum Gasteiger partial charge on any atom is -0.466 e. The summed E-state index contributed by atoms with van der Waals surface area (Å²) in [5.74, 6) is -0.384. The van der Waals surface area contributed by atoms with E-state index in [0.717, 1.165) is 18.5 Å². The molecule has 0 heterocycles. The van der Waals surface area contributed by atoms with Crippen molar-refractivity contribution in [3.8, 4) is 0 Å². The average Bonchev–Trinajstić information content (AvgIpc) is 2.74. The summed E-state index contributed by atoms with van der Waals surface area (Å²) in [4.78, 5) is 23.8. The van der Waals surface area contributed by atoms with E-state index >= 15 is 0 Å². The average molecular weight is 683 g/mol. The zero-order chi connectivity index (χ0) is 33.8. The zero-order valence-electron chi connectivity index (χ0n) is 30.7. The minimum absolute atomic E-state index is 0. The zero-order valence-corrected chi connectivity index (χ0v) is 34.7. The Labute approximate surface area is 271 Å². The van der Waals surface area contributed by atoms with Crippen LogP contribution in [-0.4, -0.2) is 81.9 Å². The molecule has 0 aromatic rings. The molecule has 43 heavy (non-hydrogen) atoms. The maximum Gasteiger partial charge on any atom is 0.308 e. The third-order valence-electron chi connectivity index (χ3n) is 8.21. The molecule has 0 aliphatic rings. The lowest BCUT2D eigenvalue weighted by atomic mass is 10.2. The highest BCUT2D eigenvalue weighted by Crippen LogP contribution is 2.38. The van der Waals surface area contributed by atoms with E-state index in [0.29, 0.717) is 19.6 Å². The Balaban J connectivity index is -0.000000727. The maximum atomic E-state index is 12.0. The highest BCUT2D eigenvalue weighted by atomic mass is 28.4. The molecule has 2 atom stereocenters. The number of aliphatic hydroxyl groups excluding tert-OH is 1. The van der Waals surface area contributed by atoms with Crippen molar-refractivity contribution in [2.75, 3.05) is 19.8 Å². The van der Waals surface area contributed by atoms with Crippen LogP contribution >= 0.6 is 0 Å². The quantitative estimate of drug-likeness (QED) is 0.128. The van der Waals surface area contributed by atoms with Gasteiger partial charge >= 0.3 is 11.9 Å². The molecule has 0 saturated carbocycles. The highest BCUT2D eigenvalue weighted by Gasteiger charge is 2.40. The van der Waals surface area contributed by atoms with Gasteiger partial charge in [0.05, 0.1) is 44.9 Å². The molecule has 0 amide bonds. The Hall–Kier alpha value is -0.312. The Morgan fingerprint density at radius 2 is 0.930 bits per heavy atom. The summed E-state index contributed by atoms with van der Waals surface area (Å²) < 4.78 is 23.0. The Bertz CT molecular complexity index is 723. The smallest absolute Gasteiger partial charge is 0.308 e. The Morgan fingerprint density at radius 3 is 1.19 bits per heavy atom. The van der Waals surface area contributed by atoms with Crippen LogP contribution in [0.3, 0.4) is 0 Å². The van der Waals surface area contributed by atoms with Crippen LogP contribution < -0.4 is 0 Å². The van der Waals surface area contributed by atoms with Gasteiger partial charge in [0.15, 0.2) is 16.6 Å². The molecule has 0 bridgehead atoms. The van der Waals surface area contributed by atoms with Gasteiger partial charge in [0.2, 0.25) is 0 Å². The Kier molecular flexibility index (Phi) is 21.2. The SMILES string of the molecule is C.CC(C)(C)[Si](C)(C)O[C@H](CO)CC(=O)OCC[Si](C)(C)C.CC[C@H](CC(=O)OCC[Si](C)(C)C)O[Si](C)(C)C(C)(C)C. The van der Waals surface area contributed by atoms with Gasteiger partial charge in [-0.15, -0.1) is 0 Å². The predicted octanol–water partition coefficient (Wildman–Crippen LogP) is 9.34. The van der Waals surface area contributed by atoms with Crippen LogP contribution in [0.2, 0.25) is 87.6 Å². The van der Waals surface area contributed by atoms with E-state index in [1.54, 1.807) is 0 Å². The van der Waals surface area contributed by atoms with Gasteiger partial charge < -0.3 is 23.4 Å². The lowest BCUT2D eigenvalue weighted by Crippen LogP contribution is -2.45. The number of rotatable bonds is 16. The number of aliphatic hydroxyl groups is 1. The number of carbonyl (C=O) groups is 2. The summed E-state index contributed by atoms with van der Waals surface area (Å²) >= 11 is 0. The van der Waals surface area contributed by atoms with Crippen molar-refractivity contribution in [3.63, 3.8) is 0 Å². The molecule has 0 aromatic heterocycles. The number of hydrogen-bond donors (Lipinski definition) is 1. The first kappa shape index (κ1) is 47.1. The molecule has 11 heteroatoms. The van der Waals surface area contributed by atoms with Gasteiger partial charge in [0, 0.05) is 16.1 Å². The standard InChI is InChI=1S/C16H36O3Si2.C15H34O4Si2.CH4/c1-10-14(19-21(8,9)16(2,3)4)13-15(17)18-11-12-20(5,6)7;1-15(2,3)21(7,8)19-13(12-16)11-14(17)18-9-10-20(4,5)6;/h14H,10-13H2,1-9H3;13,16H,9-12H2,1-8H3;1H4/t14-;13-;/m10./s1. The fraction of sp³-hybridized carbons (Fsp3) is 0.938. The molecule has 0 aromatic carbocycles. The minimum atomic E-state index is -1.98. The highest BCUT2D eigenvalue weighted by molar-refractivity contribution is 6.76. The summed E-state index contributed by atoms with van der Waals surface area (Å²) in [6, 6.07) is 1.99. The number of hydrogen-bond acceptors (Lipinski definition) is 7. The van der Waals surface area contributed by atoms with Crippen LogP contribution in [-0.2, 0) is 27.9 Å². The van der Waals surface area contributed by atoms with Gasteiger partial charge in [-0.25, -0.2) is 0 Å². The van der Waals surface area contributed by atoms with Gasteiger partial charge in [0.25, 0.3) is 0 Å². The third kappa shape index (κ3) is 22.8. The number of carbonyl (C=O) groups excluding carboxylic acids is 2. The normalized spacial score (nSPS) is 14.6. The first-order valence-corrected chi connectivity index (χ1v) is 29.1. The lowest BCUT2D eigenvalue weighted by molar-refractivity contribution is -0.146. The topological polar surface area (TPSA) is 91.3 Å². The summed E-state index contributed by atoms with van der Waals surface area (Å²) in [6.07, 6.45) is 0.912. The van der Waals surface area contributed by atoms with Gasteiger partial charge in [-0.3, -0.25) is 9.59 Å². The van der Waals surface area contributed by atoms with Crippen molar-refractivity contribution in [2.24, 2.45) is 0 Å². The van der Waals surface area contributed by atoms with E-state index in [4.69, 9.17) is 18.3 Å². The fourth-order valence-corrected chi connectivity index (χ4v) is 7.24. The molecule has 1 N–H and O–H groups in total. The molecule has 0 rings (SSSR count). The van der Waals surface area contributed by atoms with E-state index in [2.05, 4.69) is 114 Å². The maximum absolute atomic E-state index is 12.0. The summed E-state index contributed by atoms with van der Waals surface area (Å²) in [7, 11) is -6.12. The number of ether oxygens (including phenoxy) is 2. The molecule has 0 aliphatic carbocycles. The second-order valence-corrected chi connectivity index (χ2v) is 37.8. The van der Waals surface area contributed by atoms with Crippen LogP contribution in [0.25, 0.3) is 0 Å². The van der Waals surface area contributed by atoms with Gasteiger partial charge in [0.1, 0.15) is 0 Å². The van der Waals surface area contributed by atoms with Crippen molar-refractivity contribution < 1.29 is 33.0 Å². The third-order valence-corrected chi connectivity index (χ3v) is 20.7. The van der Waals surface area contributed by atoms with Crippen LogP contribution in [0.15, 0.2) is 0 Å². The first-order chi connectivity index (χ1) is 18.6. The predicted molar refractivity (Wildman–Crippen MR) is 196 cm³/mol. The summed E-state index contributed by atoms with van der Waals surface area (Å²) in [6.45, 7) is 38.3. The van der Waals surface area contributed by atoms with E-state index in [1.807, 2.05) is 0 Å².